The molecule has 3 heteroatoms. The quantitative estimate of drug-likeness (QED) is 0.382. The fourth-order valence-corrected chi connectivity index (χ4v) is 2.81. The van der Waals surface area contributed by atoms with Crippen molar-refractivity contribution in [2.75, 3.05) is 26.2 Å². The number of hydrogen-bond acceptors (Lipinski definition) is 2. The van der Waals surface area contributed by atoms with Crippen LogP contribution < -0.4 is 0 Å². The predicted octanol–water partition coefficient (Wildman–Crippen LogP) is 2.75. The summed E-state index contributed by atoms with van der Waals surface area (Å²) in [6.45, 7) is 7.48. The molecule has 0 radical (unpaired) electrons. The first kappa shape index (κ1) is 15.4. The molecule has 0 aromatic heterocycles. The normalized spacial score (nSPS) is 27.4. The van der Waals surface area contributed by atoms with Gasteiger partial charge >= 0.3 is 0 Å². The molecule has 1 aliphatic rings. The molecular weight excluding hydrogens is 224 g/mol. The van der Waals surface area contributed by atoms with Crippen molar-refractivity contribution in [2.24, 2.45) is 4.99 Å². The molecule has 0 fully saturated rings. The monoisotopic (exact) mass is 253 g/mol. The number of unbranched alkanes of at least 4 members (excludes halogenated alkanes) is 3. The van der Waals surface area contributed by atoms with Crippen LogP contribution in [0.1, 0.15) is 46.0 Å². The number of nitrogens with zero attached hydrogens (tertiary/aromatic N) is 2. The van der Waals surface area contributed by atoms with Gasteiger partial charge in [-0.25, -0.2) is 4.99 Å². The SMILES string of the molecule is C/C=C/CCCCCC1N=CC[N+]1(CC)CCO. The first-order valence-electron chi connectivity index (χ1n) is 7.38. The van der Waals surface area contributed by atoms with Crippen LogP contribution in [-0.4, -0.2) is 48.2 Å². The third kappa shape index (κ3) is 4.21. The van der Waals surface area contributed by atoms with Crippen LogP contribution >= 0.6 is 0 Å². The van der Waals surface area contributed by atoms with Crippen molar-refractivity contribution in [3.8, 4) is 0 Å². The Morgan fingerprint density at radius 2 is 2.22 bits per heavy atom. The number of quaternary nitrogens is 1. The molecule has 1 rings (SSSR count). The number of aliphatic hydroxyl groups is 1. The smallest absolute Gasteiger partial charge is 0.182 e. The molecule has 0 saturated carbocycles. The Morgan fingerprint density at radius 3 is 2.89 bits per heavy atom. The fraction of sp³-hybridized carbons (Fsp3) is 0.800. The van der Waals surface area contributed by atoms with Crippen molar-refractivity contribution in [1.29, 1.82) is 0 Å². The molecule has 0 spiro atoms. The molecule has 1 heterocycles. The van der Waals surface area contributed by atoms with E-state index in [-0.39, 0.29) is 6.61 Å². The van der Waals surface area contributed by atoms with Gasteiger partial charge in [-0.3, -0.25) is 4.48 Å². The highest BCUT2D eigenvalue weighted by molar-refractivity contribution is 5.60. The van der Waals surface area contributed by atoms with Crippen LogP contribution in [0, 0.1) is 0 Å². The molecule has 0 aromatic carbocycles. The number of aliphatic imine (C=N–C) groups is 1. The van der Waals surface area contributed by atoms with Crippen molar-refractivity contribution in [3.05, 3.63) is 12.2 Å². The van der Waals surface area contributed by atoms with Gasteiger partial charge in [0.25, 0.3) is 0 Å². The molecule has 1 N–H and O–H groups in total. The third-order valence-corrected chi connectivity index (χ3v) is 4.10. The molecule has 104 valence electrons. The Hall–Kier alpha value is -0.670. The predicted molar refractivity (Wildman–Crippen MR) is 77.8 cm³/mol. The Balaban J connectivity index is 2.29. The van der Waals surface area contributed by atoms with Crippen LogP contribution in [0.5, 0.6) is 0 Å². The van der Waals surface area contributed by atoms with Crippen LogP contribution in [0.2, 0.25) is 0 Å². The van der Waals surface area contributed by atoms with Crippen molar-refractivity contribution < 1.29 is 9.59 Å². The summed E-state index contributed by atoms with van der Waals surface area (Å²) >= 11 is 0. The first-order valence-corrected chi connectivity index (χ1v) is 7.38. The molecule has 3 nitrogen and oxygen atoms in total. The maximum atomic E-state index is 9.23. The lowest BCUT2D eigenvalue weighted by molar-refractivity contribution is -0.936. The van der Waals surface area contributed by atoms with Crippen molar-refractivity contribution in [1.82, 2.24) is 0 Å². The van der Waals surface area contributed by atoms with E-state index in [9.17, 15) is 5.11 Å². The van der Waals surface area contributed by atoms with Crippen LogP contribution in [0.25, 0.3) is 0 Å². The van der Waals surface area contributed by atoms with Crippen molar-refractivity contribution >= 4 is 6.21 Å². The molecule has 0 saturated heterocycles. The van der Waals surface area contributed by atoms with Crippen LogP contribution in [-0.2, 0) is 0 Å². The number of aliphatic hydroxyl groups excluding tert-OH is 1. The number of hydrogen-bond donors (Lipinski definition) is 1. The van der Waals surface area contributed by atoms with Gasteiger partial charge in [-0.1, -0.05) is 18.6 Å². The van der Waals surface area contributed by atoms with Gasteiger partial charge in [-0.2, -0.15) is 0 Å². The van der Waals surface area contributed by atoms with Crippen LogP contribution in [0.4, 0.5) is 0 Å². The fourth-order valence-electron chi connectivity index (χ4n) is 2.81. The van der Waals surface area contributed by atoms with Gasteiger partial charge in [0.05, 0.1) is 19.4 Å². The molecule has 0 aliphatic carbocycles. The molecule has 2 unspecified atom stereocenters. The summed E-state index contributed by atoms with van der Waals surface area (Å²) in [5.74, 6) is 0. The van der Waals surface area contributed by atoms with Gasteiger partial charge in [0.2, 0.25) is 0 Å². The van der Waals surface area contributed by atoms with E-state index >= 15 is 0 Å². The van der Waals surface area contributed by atoms with E-state index in [1.807, 2.05) is 0 Å². The van der Waals surface area contributed by atoms with Crippen LogP contribution in [0.15, 0.2) is 17.1 Å². The summed E-state index contributed by atoms with van der Waals surface area (Å²) in [5.41, 5.74) is 0. The van der Waals surface area contributed by atoms with E-state index in [0.29, 0.717) is 6.17 Å². The summed E-state index contributed by atoms with van der Waals surface area (Å²) < 4.78 is 0.964. The Labute approximate surface area is 112 Å². The lowest BCUT2D eigenvalue weighted by atomic mass is 10.1. The van der Waals surface area contributed by atoms with E-state index in [4.69, 9.17) is 0 Å². The Kier molecular flexibility index (Phi) is 7.21. The minimum Gasteiger partial charge on any atom is -0.391 e. The highest BCUT2D eigenvalue weighted by Crippen LogP contribution is 2.23. The second-order valence-electron chi connectivity index (χ2n) is 5.18. The van der Waals surface area contributed by atoms with Gasteiger partial charge in [0.15, 0.2) is 6.17 Å². The van der Waals surface area contributed by atoms with Gasteiger partial charge < -0.3 is 5.11 Å². The molecule has 1 aliphatic heterocycles. The minimum atomic E-state index is 0.273. The van der Waals surface area contributed by atoms with Gasteiger partial charge in [0, 0.05) is 6.42 Å². The largest absolute Gasteiger partial charge is 0.391 e. The number of rotatable bonds is 9. The lowest BCUT2D eigenvalue weighted by Gasteiger charge is -2.37. The molecular formula is C15H29N2O+. The second-order valence-corrected chi connectivity index (χ2v) is 5.18. The zero-order valence-electron chi connectivity index (χ0n) is 12.0. The average Bonchev–Trinajstić information content (AvgIpc) is 2.78. The van der Waals surface area contributed by atoms with E-state index in [1.54, 1.807) is 0 Å². The maximum Gasteiger partial charge on any atom is 0.182 e. The first-order chi connectivity index (χ1) is 8.79. The summed E-state index contributed by atoms with van der Waals surface area (Å²) in [6, 6.07) is 0. The van der Waals surface area contributed by atoms with Crippen molar-refractivity contribution in [3.63, 3.8) is 0 Å². The average molecular weight is 253 g/mol. The zero-order valence-corrected chi connectivity index (χ0v) is 12.0. The highest BCUT2D eigenvalue weighted by atomic mass is 16.3. The molecule has 0 amide bonds. The molecule has 0 aromatic rings. The zero-order chi connectivity index (χ0) is 13.3. The van der Waals surface area contributed by atoms with Crippen molar-refractivity contribution in [2.45, 2.75) is 52.1 Å². The van der Waals surface area contributed by atoms with Crippen LogP contribution in [0.3, 0.4) is 0 Å². The van der Waals surface area contributed by atoms with E-state index in [1.165, 1.54) is 32.1 Å². The summed E-state index contributed by atoms with van der Waals surface area (Å²) in [4.78, 5) is 4.63. The maximum absolute atomic E-state index is 9.23. The molecule has 0 bridgehead atoms. The van der Waals surface area contributed by atoms with Gasteiger partial charge in [0.1, 0.15) is 13.1 Å². The number of allylic oxidation sites excluding steroid dienone is 2. The molecule has 18 heavy (non-hydrogen) atoms. The molecule has 2 atom stereocenters. The van der Waals surface area contributed by atoms with E-state index in [0.717, 1.165) is 24.1 Å². The topological polar surface area (TPSA) is 32.6 Å². The second kappa shape index (κ2) is 8.44. The third-order valence-electron chi connectivity index (χ3n) is 4.10. The Bertz CT molecular complexity index is 276. The highest BCUT2D eigenvalue weighted by Gasteiger charge is 2.36. The van der Waals surface area contributed by atoms with E-state index in [2.05, 4.69) is 37.2 Å². The standard InChI is InChI=1S/C15H29N2O/c1-3-5-6-7-8-9-10-15-16-11-12-17(15,4-2)13-14-18/h3,5,11,15,18H,4,6-10,12-14H2,1-2H3/q+1/b5-3+. The summed E-state index contributed by atoms with van der Waals surface area (Å²) in [5, 5.41) is 9.23. The summed E-state index contributed by atoms with van der Waals surface area (Å²) in [7, 11) is 0. The van der Waals surface area contributed by atoms with Gasteiger partial charge in [-0.15, -0.1) is 0 Å². The minimum absolute atomic E-state index is 0.273. The van der Waals surface area contributed by atoms with E-state index < -0.39 is 0 Å². The summed E-state index contributed by atoms with van der Waals surface area (Å²) in [6.07, 6.45) is 13.0. The number of likely N-dealkylation sites (N-methyl/N-ethyl adjacent to an activating group) is 1. The van der Waals surface area contributed by atoms with Gasteiger partial charge in [-0.05, 0) is 33.1 Å². The Morgan fingerprint density at radius 1 is 1.39 bits per heavy atom. The lowest BCUT2D eigenvalue weighted by Crippen LogP contribution is -2.53.